The Hall–Kier alpha value is -2.16. The van der Waals surface area contributed by atoms with Gasteiger partial charge in [-0.15, -0.1) is 0 Å². The molecule has 1 aromatic heterocycles. The van der Waals surface area contributed by atoms with Gasteiger partial charge in [0.1, 0.15) is 0 Å². The van der Waals surface area contributed by atoms with Crippen LogP contribution >= 0.6 is 0 Å². The minimum atomic E-state index is 0.481. The summed E-state index contributed by atoms with van der Waals surface area (Å²) in [6.07, 6.45) is 1.86. The number of fused-ring (bicyclic) bond motifs is 1. The maximum absolute atomic E-state index is 7.81. The first kappa shape index (κ1) is 12.3. The molecule has 0 atom stereocenters. The summed E-state index contributed by atoms with van der Waals surface area (Å²) in [6.45, 7) is 5.55. The molecule has 3 nitrogen and oxygen atoms in total. The van der Waals surface area contributed by atoms with Gasteiger partial charge in [0.25, 0.3) is 0 Å². The number of nitrogens with zero attached hydrogens (tertiary/aromatic N) is 1. The van der Waals surface area contributed by atoms with E-state index >= 15 is 0 Å². The van der Waals surface area contributed by atoms with E-state index in [4.69, 9.17) is 11.1 Å². The number of aromatic nitrogens is 1. The molecule has 3 heteroatoms. The Kier molecular flexibility index (Phi) is 3.15. The van der Waals surface area contributed by atoms with Crippen molar-refractivity contribution in [2.45, 2.75) is 20.8 Å². The van der Waals surface area contributed by atoms with Gasteiger partial charge >= 0.3 is 0 Å². The molecule has 2 rings (SSSR count). The number of allylic oxidation sites excluding steroid dienone is 2. The van der Waals surface area contributed by atoms with Crippen LogP contribution in [0.4, 0.5) is 0 Å². The lowest BCUT2D eigenvalue weighted by Gasteiger charge is -2.10. The van der Waals surface area contributed by atoms with Gasteiger partial charge in [0.2, 0.25) is 0 Å². The predicted molar refractivity (Wildman–Crippen MR) is 76.7 cm³/mol. The summed E-state index contributed by atoms with van der Waals surface area (Å²) in [5, 5.41) is 10.0. The Morgan fingerprint density at radius 2 is 1.89 bits per heavy atom. The Morgan fingerprint density at radius 1 is 1.17 bits per heavy atom. The zero-order valence-electron chi connectivity index (χ0n) is 10.9. The fourth-order valence-electron chi connectivity index (χ4n) is 2.15. The van der Waals surface area contributed by atoms with Crippen molar-refractivity contribution in [1.82, 2.24) is 4.98 Å². The van der Waals surface area contributed by atoms with Crippen LogP contribution in [0.15, 0.2) is 36.2 Å². The molecule has 1 heterocycles. The molecule has 0 spiro atoms. The van der Waals surface area contributed by atoms with Gasteiger partial charge in [-0.2, -0.15) is 0 Å². The Labute approximate surface area is 107 Å². The molecule has 0 unspecified atom stereocenters. The third-order valence-electron chi connectivity index (χ3n) is 2.92. The monoisotopic (exact) mass is 239 g/mol. The van der Waals surface area contributed by atoms with Crippen molar-refractivity contribution in [3.05, 3.63) is 47.4 Å². The quantitative estimate of drug-likeness (QED) is 0.790. The molecule has 0 saturated carbocycles. The van der Waals surface area contributed by atoms with Crippen LogP contribution in [0.5, 0.6) is 0 Å². The van der Waals surface area contributed by atoms with Gasteiger partial charge in [-0.1, -0.05) is 12.1 Å². The summed E-state index contributed by atoms with van der Waals surface area (Å²) in [5.74, 6) is 0. The van der Waals surface area contributed by atoms with E-state index in [1.54, 1.807) is 6.92 Å². The van der Waals surface area contributed by atoms with Crippen LogP contribution < -0.4 is 5.73 Å². The summed E-state index contributed by atoms with van der Waals surface area (Å²) in [7, 11) is 0. The second kappa shape index (κ2) is 4.61. The normalized spacial score (nSPS) is 12.4. The van der Waals surface area contributed by atoms with Crippen molar-refractivity contribution in [1.29, 1.82) is 5.41 Å². The third-order valence-corrected chi connectivity index (χ3v) is 2.92. The number of nitrogens with two attached hydrogens (primary N) is 1. The molecular weight excluding hydrogens is 222 g/mol. The molecule has 3 N–H and O–H groups in total. The second-order valence-corrected chi connectivity index (χ2v) is 4.57. The average Bonchev–Trinajstić information content (AvgIpc) is 2.28. The van der Waals surface area contributed by atoms with E-state index in [2.05, 4.69) is 11.1 Å². The van der Waals surface area contributed by atoms with E-state index in [0.29, 0.717) is 11.4 Å². The molecule has 0 aliphatic heterocycles. The molecule has 0 saturated heterocycles. The predicted octanol–water partition coefficient (Wildman–Crippen LogP) is 3.27. The maximum atomic E-state index is 7.81. The Morgan fingerprint density at radius 3 is 2.50 bits per heavy atom. The summed E-state index contributed by atoms with van der Waals surface area (Å²) < 4.78 is 0. The van der Waals surface area contributed by atoms with E-state index in [9.17, 15) is 0 Å². The van der Waals surface area contributed by atoms with E-state index in [1.165, 1.54) is 0 Å². The van der Waals surface area contributed by atoms with Crippen molar-refractivity contribution in [3.63, 3.8) is 0 Å². The molecule has 2 aromatic rings. The SMILES string of the molecule is CC(=N)/C(=C(/C)N)c1ccc2cc(C)ncc2c1. The summed E-state index contributed by atoms with van der Waals surface area (Å²) >= 11 is 0. The molecule has 0 bridgehead atoms. The van der Waals surface area contributed by atoms with Crippen LogP contribution in [-0.2, 0) is 0 Å². The summed E-state index contributed by atoms with van der Waals surface area (Å²) in [6, 6.07) is 8.14. The van der Waals surface area contributed by atoms with E-state index in [-0.39, 0.29) is 0 Å². The lowest BCUT2D eigenvalue weighted by molar-refractivity contribution is 1.22. The standard InChI is InChI=1S/C15H17N3/c1-9-6-12-4-5-13(7-14(12)8-18-9)15(10(2)16)11(3)17/h4-8,16H,17H2,1-3H3/b15-11+,16-10?. The molecule has 92 valence electrons. The summed E-state index contributed by atoms with van der Waals surface area (Å²) in [4.78, 5) is 4.30. The fourth-order valence-corrected chi connectivity index (χ4v) is 2.15. The first-order valence-electron chi connectivity index (χ1n) is 5.87. The number of nitrogens with one attached hydrogen (secondary N) is 1. The molecule has 0 amide bonds. The highest BCUT2D eigenvalue weighted by molar-refractivity contribution is 6.22. The van der Waals surface area contributed by atoms with Crippen LogP contribution in [0.3, 0.4) is 0 Å². The van der Waals surface area contributed by atoms with Gasteiger partial charge < -0.3 is 11.1 Å². The Bertz CT molecular complexity index is 650. The first-order valence-corrected chi connectivity index (χ1v) is 5.87. The molecule has 0 fully saturated rings. The molecule has 0 radical (unpaired) electrons. The largest absolute Gasteiger partial charge is 0.402 e. The van der Waals surface area contributed by atoms with Gasteiger partial charge in [-0.25, -0.2) is 0 Å². The van der Waals surface area contributed by atoms with Crippen LogP contribution in [0.25, 0.3) is 16.3 Å². The number of pyridine rings is 1. The average molecular weight is 239 g/mol. The highest BCUT2D eigenvalue weighted by Gasteiger charge is 2.07. The zero-order chi connectivity index (χ0) is 13.3. The minimum absolute atomic E-state index is 0.481. The number of rotatable bonds is 2. The number of hydrogen-bond acceptors (Lipinski definition) is 3. The van der Waals surface area contributed by atoms with E-state index in [1.807, 2.05) is 38.2 Å². The summed E-state index contributed by atoms with van der Waals surface area (Å²) in [5.41, 5.74) is 9.79. The van der Waals surface area contributed by atoms with Crippen LogP contribution in [0.1, 0.15) is 25.1 Å². The second-order valence-electron chi connectivity index (χ2n) is 4.57. The van der Waals surface area contributed by atoms with Gasteiger partial charge in [-0.05, 0) is 43.9 Å². The van der Waals surface area contributed by atoms with E-state index in [0.717, 1.165) is 27.6 Å². The maximum Gasteiger partial charge on any atom is 0.0379 e. The smallest absolute Gasteiger partial charge is 0.0379 e. The lowest BCUT2D eigenvalue weighted by atomic mass is 9.98. The highest BCUT2D eigenvalue weighted by Crippen LogP contribution is 2.23. The number of aryl methyl sites for hydroxylation is 1. The zero-order valence-corrected chi connectivity index (χ0v) is 10.9. The van der Waals surface area contributed by atoms with Crippen molar-refractivity contribution in [2.75, 3.05) is 0 Å². The van der Waals surface area contributed by atoms with Gasteiger partial charge in [0, 0.05) is 34.3 Å². The molecule has 18 heavy (non-hydrogen) atoms. The number of hydrogen-bond donors (Lipinski definition) is 2. The topological polar surface area (TPSA) is 62.8 Å². The fraction of sp³-hybridized carbons (Fsp3) is 0.200. The van der Waals surface area contributed by atoms with Crippen molar-refractivity contribution in [2.24, 2.45) is 5.73 Å². The van der Waals surface area contributed by atoms with Crippen molar-refractivity contribution < 1.29 is 0 Å². The van der Waals surface area contributed by atoms with Crippen LogP contribution in [0, 0.1) is 12.3 Å². The van der Waals surface area contributed by atoms with E-state index < -0.39 is 0 Å². The van der Waals surface area contributed by atoms with Crippen LogP contribution in [-0.4, -0.2) is 10.7 Å². The van der Waals surface area contributed by atoms with Crippen LogP contribution in [0.2, 0.25) is 0 Å². The molecule has 0 aliphatic carbocycles. The lowest BCUT2D eigenvalue weighted by Crippen LogP contribution is -2.04. The third kappa shape index (κ3) is 2.25. The highest BCUT2D eigenvalue weighted by atomic mass is 14.7. The first-order chi connectivity index (χ1) is 8.49. The van der Waals surface area contributed by atoms with Gasteiger partial charge in [0.05, 0.1) is 0 Å². The molecular formula is C15H17N3. The molecule has 1 aromatic carbocycles. The van der Waals surface area contributed by atoms with Gasteiger partial charge in [-0.3, -0.25) is 4.98 Å². The number of benzene rings is 1. The van der Waals surface area contributed by atoms with Gasteiger partial charge in [0.15, 0.2) is 0 Å². The van der Waals surface area contributed by atoms with Crippen molar-refractivity contribution >= 4 is 22.1 Å². The Balaban J connectivity index is 2.64. The minimum Gasteiger partial charge on any atom is -0.402 e. The molecule has 0 aliphatic rings. The van der Waals surface area contributed by atoms with Crippen molar-refractivity contribution in [3.8, 4) is 0 Å².